The van der Waals surface area contributed by atoms with Crippen LogP contribution in [0.2, 0.25) is 0 Å². The van der Waals surface area contributed by atoms with E-state index in [0.29, 0.717) is 0 Å². The molecule has 0 N–H and O–H groups in total. The minimum atomic E-state index is 0.797. The van der Waals surface area contributed by atoms with Crippen molar-refractivity contribution < 1.29 is 4.74 Å². The molecule has 0 aliphatic carbocycles. The van der Waals surface area contributed by atoms with Gasteiger partial charge in [-0.15, -0.1) is 11.3 Å². The Bertz CT molecular complexity index is 450. The number of hydrogen-bond acceptors (Lipinski definition) is 3. The van der Waals surface area contributed by atoms with E-state index < -0.39 is 0 Å². The van der Waals surface area contributed by atoms with Crippen molar-refractivity contribution in [2.75, 3.05) is 6.61 Å². The van der Waals surface area contributed by atoms with Crippen LogP contribution < -0.4 is 4.74 Å². The summed E-state index contributed by atoms with van der Waals surface area (Å²) < 4.78 is 6.86. The van der Waals surface area contributed by atoms with Gasteiger partial charge in [-0.1, -0.05) is 13.3 Å². The van der Waals surface area contributed by atoms with Gasteiger partial charge in [0.25, 0.3) is 0 Å². The van der Waals surface area contributed by atoms with Gasteiger partial charge in [-0.3, -0.25) is 0 Å². The van der Waals surface area contributed by atoms with E-state index in [1.54, 1.807) is 11.3 Å². The van der Waals surface area contributed by atoms with Crippen molar-refractivity contribution in [2.45, 2.75) is 26.7 Å². The van der Waals surface area contributed by atoms with Crippen LogP contribution in [0.5, 0.6) is 5.75 Å². The topological polar surface area (TPSA) is 22.1 Å². The molecule has 0 radical (unpaired) electrons. The molecule has 0 aliphatic rings. The molecule has 15 heavy (non-hydrogen) atoms. The van der Waals surface area contributed by atoms with Crippen LogP contribution in [0.3, 0.4) is 0 Å². The van der Waals surface area contributed by atoms with Crippen LogP contribution in [-0.4, -0.2) is 11.6 Å². The van der Waals surface area contributed by atoms with E-state index in [2.05, 4.69) is 18.0 Å². The summed E-state index contributed by atoms with van der Waals surface area (Å²) in [6.45, 7) is 4.99. The van der Waals surface area contributed by atoms with Gasteiger partial charge in [0.05, 0.1) is 21.8 Å². The highest BCUT2D eigenvalue weighted by Crippen LogP contribution is 2.25. The van der Waals surface area contributed by atoms with Crippen LogP contribution in [0.1, 0.15) is 24.8 Å². The highest BCUT2D eigenvalue weighted by atomic mass is 32.1. The lowest BCUT2D eigenvalue weighted by Gasteiger charge is -2.04. The summed E-state index contributed by atoms with van der Waals surface area (Å²) >= 11 is 1.72. The summed E-state index contributed by atoms with van der Waals surface area (Å²) in [5, 5.41) is 1.11. The molecule has 80 valence electrons. The second-order valence-electron chi connectivity index (χ2n) is 3.56. The lowest BCUT2D eigenvalue weighted by atomic mass is 10.3. The van der Waals surface area contributed by atoms with Crippen molar-refractivity contribution in [1.29, 1.82) is 0 Å². The van der Waals surface area contributed by atoms with Gasteiger partial charge in [0.1, 0.15) is 5.75 Å². The minimum Gasteiger partial charge on any atom is -0.494 e. The number of ether oxygens (including phenoxy) is 1. The number of thiazole rings is 1. The summed E-state index contributed by atoms with van der Waals surface area (Å²) in [5.41, 5.74) is 1.05. The molecule has 0 amide bonds. The fraction of sp³-hybridized carbons (Fsp3) is 0.417. The van der Waals surface area contributed by atoms with Crippen LogP contribution in [0.4, 0.5) is 0 Å². The molecule has 3 heteroatoms. The van der Waals surface area contributed by atoms with Gasteiger partial charge >= 0.3 is 0 Å². The third kappa shape index (κ3) is 2.48. The van der Waals surface area contributed by atoms with E-state index in [9.17, 15) is 0 Å². The Morgan fingerprint density at radius 1 is 1.40 bits per heavy atom. The third-order valence-electron chi connectivity index (χ3n) is 2.23. The molecule has 0 saturated heterocycles. The first-order chi connectivity index (χ1) is 7.29. The number of aryl methyl sites for hydroxylation is 1. The number of hydrogen-bond donors (Lipinski definition) is 0. The van der Waals surface area contributed by atoms with E-state index in [1.165, 1.54) is 4.70 Å². The molecule has 0 aliphatic heterocycles. The molecular weight excluding hydrogens is 206 g/mol. The summed E-state index contributed by atoms with van der Waals surface area (Å²) in [6.07, 6.45) is 2.27. The number of rotatable bonds is 4. The van der Waals surface area contributed by atoms with Gasteiger partial charge in [0.15, 0.2) is 0 Å². The van der Waals surface area contributed by atoms with Gasteiger partial charge in [-0.05, 0) is 25.5 Å². The molecule has 0 atom stereocenters. The van der Waals surface area contributed by atoms with Crippen molar-refractivity contribution >= 4 is 21.6 Å². The first kappa shape index (κ1) is 10.4. The monoisotopic (exact) mass is 221 g/mol. The van der Waals surface area contributed by atoms with Crippen molar-refractivity contribution in [3.63, 3.8) is 0 Å². The average molecular weight is 221 g/mol. The second-order valence-corrected chi connectivity index (χ2v) is 4.80. The molecule has 0 spiro atoms. The van der Waals surface area contributed by atoms with Gasteiger partial charge in [-0.25, -0.2) is 4.98 Å². The maximum Gasteiger partial charge on any atom is 0.121 e. The van der Waals surface area contributed by atoms with Crippen molar-refractivity contribution in [3.05, 3.63) is 23.2 Å². The summed E-state index contributed by atoms with van der Waals surface area (Å²) in [4.78, 5) is 4.44. The zero-order chi connectivity index (χ0) is 10.7. The summed E-state index contributed by atoms with van der Waals surface area (Å²) in [7, 11) is 0. The molecule has 0 fully saturated rings. The fourth-order valence-corrected chi connectivity index (χ4v) is 2.25. The molecule has 2 nitrogen and oxygen atoms in total. The van der Waals surface area contributed by atoms with Crippen molar-refractivity contribution in [1.82, 2.24) is 4.98 Å². The highest BCUT2D eigenvalue weighted by molar-refractivity contribution is 7.18. The predicted molar refractivity (Wildman–Crippen MR) is 64.8 cm³/mol. The van der Waals surface area contributed by atoms with E-state index in [4.69, 9.17) is 4.74 Å². The smallest absolute Gasteiger partial charge is 0.121 e. The standard InChI is InChI=1S/C12H15NOS/c1-3-4-7-14-10-5-6-12-11(8-10)13-9(2)15-12/h5-6,8H,3-4,7H2,1-2H3. The first-order valence-corrected chi connectivity index (χ1v) is 6.11. The van der Waals surface area contributed by atoms with E-state index in [1.807, 2.05) is 19.1 Å². The number of fused-ring (bicyclic) bond motifs is 1. The zero-order valence-electron chi connectivity index (χ0n) is 9.12. The Balaban J connectivity index is 2.15. The van der Waals surface area contributed by atoms with Crippen LogP contribution in [0.15, 0.2) is 18.2 Å². The van der Waals surface area contributed by atoms with E-state index in [-0.39, 0.29) is 0 Å². The first-order valence-electron chi connectivity index (χ1n) is 5.29. The Hall–Kier alpha value is -1.09. The average Bonchev–Trinajstić information content (AvgIpc) is 2.57. The van der Waals surface area contributed by atoms with E-state index in [0.717, 1.165) is 35.7 Å². The predicted octanol–water partition coefficient (Wildman–Crippen LogP) is 3.78. The normalized spacial score (nSPS) is 10.8. The Kier molecular flexibility index (Phi) is 3.21. The number of nitrogens with zero attached hydrogens (tertiary/aromatic N) is 1. The molecule has 0 unspecified atom stereocenters. The molecule has 2 rings (SSSR count). The number of aromatic nitrogens is 1. The SMILES string of the molecule is CCCCOc1ccc2sc(C)nc2c1. The van der Waals surface area contributed by atoms with Crippen LogP contribution in [0.25, 0.3) is 10.2 Å². The fourth-order valence-electron chi connectivity index (χ4n) is 1.45. The molecule has 1 heterocycles. The maximum atomic E-state index is 5.63. The third-order valence-corrected chi connectivity index (χ3v) is 3.18. The second kappa shape index (κ2) is 4.62. The molecule has 1 aromatic carbocycles. The Morgan fingerprint density at radius 3 is 3.07 bits per heavy atom. The van der Waals surface area contributed by atoms with Gasteiger partial charge in [-0.2, -0.15) is 0 Å². The maximum absolute atomic E-state index is 5.63. The van der Waals surface area contributed by atoms with Crippen molar-refractivity contribution in [2.24, 2.45) is 0 Å². The minimum absolute atomic E-state index is 0.797. The molecule has 2 aromatic rings. The van der Waals surface area contributed by atoms with Gasteiger partial charge in [0.2, 0.25) is 0 Å². The molecular formula is C12H15NOS. The Morgan fingerprint density at radius 2 is 2.27 bits per heavy atom. The molecule has 1 aromatic heterocycles. The number of benzene rings is 1. The quantitative estimate of drug-likeness (QED) is 0.733. The Labute approximate surface area is 93.9 Å². The summed E-state index contributed by atoms with van der Waals surface area (Å²) in [5.74, 6) is 0.932. The highest BCUT2D eigenvalue weighted by Gasteiger charge is 2.01. The lowest BCUT2D eigenvalue weighted by molar-refractivity contribution is 0.310. The zero-order valence-corrected chi connectivity index (χ0v) is 9.93. The van der Waals surface area contributed by atoms with Crippen molar-refractivity contribution in [3.8, 4) is 5.75 Å². The van der Waals surface area contributed by atoms with Crippen LogP contribution in [0, 0.1) is 6.92 Å². The van der Waals surface area contributed by atoms with E-state index >= 15 is 0 Å². The van der Waals surface area contributed by atoms with Crippen LogP contribution in [-0.2, 0) is 0 Å². The summed E-state index contributed by atoms with van der Waals surface area (Å²) in [6, 6.07) is 6.13. The van der Waals surface area contributed by atoms with Crippen LogP contribution >= 0.6 is 11.3 Å². The largest absolute Gasteiger partial charge is 0.494 e. The van der Waals surface area contributed by atoms with Gasteiger partial charge < -0.3 is 4.74 Å². The molecule has 0 bridgehead atoms. The lowest BCUT2D eigenvalue weighted by Crippen LogP contribution is -1.95. The van der Waals surface area contributed by atoms with Gasteiger partial charge in [0, 0.05) is 6.07 Å². The molecule has 0 saturated carbocycles. The number of unbranched alkanes of at least 4 members (excludes halogenated alkanes) is 1.